The van der Waals surface area contributed by atoms with Crippen molar-refractivity contribution in [1.29, 1.82) is 0 Å². The Morgan fingerprint density at radius 1 is 0.824 bits per heavy atom. The quantitative estimate of drug-likeness (QED) is 0.710. The molecule has 0 amide bonds. The molecule has 0 bridgehead atoms. The van der Waals surface area contributed by atoms with Gasteiger partial charge < -0.3 is 15.3 Å². The van der Waals surface area contributed by atoms with Crippen LogP contribution in [0.5, 0.6) is 17.2 Å². The summed E-state index contributed by atoms with van der Waals surface area (Å²) in [6.45, 7) is 0. The molecule has 17 heavy (non-hydrogen) atoms. The molecule has 0 saturated heterocycles. The number of phenols is 3. The van der Waals surface area contributed by atoms with E-state index in [1.807, 2.05) is 6.07 Å². The van der Waals surface area contributed by atoms with Crippen LogP contribution in [-0.2, 0) is 12.8 Å². The van der Waals surface area contributed by atoms with Gasteiger partial charge in [0, 0.05) is 0 Å². The zero-order valence-corrected chi connectivity index (χ0v) is 9.30. The van der Waals surface area contributed by atoms with Gasteiger partial charge in [0.05, 0.1) is 0 Å². The third kappa shape index (κ3) is 2.69. The number of para-hydroxylation sites is 1. The van der Waals surface area contributed by atoms with Gasteiger partial charge in [-0.2, -0.15) is 0 Å². The van der Waals surface area contributed by atoms with Gasteiger partial charge in [-0.25, -0.2) is 0 Å². The van der Waals surface area contributed by atoms with Crippen LogP contribution in [0.3, 0.4) is 0 Å². The second-order valence-corrected chi connectivity index (χ2v) is 3.95. The molecule has 0 unspecified atom stereocenters. The molecule has 0 aliphatic carbocycles. The molecule has 0 aromatic heterocycles. The first kappa shape index (κ1) is 11.3. The summed E-state index contributed by atoms with van der Waals surface area (Å²) in [4.78, 5) is 0. The van der Waals surface area contributed by atoms with Gasteiger partial charge in [0.2, 0.25) is 0 Å². The zero-order valence-electron chi connectivity index (χ0n) is 9.30. The molecule has 3 N–H and O–H groups in total. The van der Waals surface area contributed by atoms with E-state index < -0.39 is 0 Å². The molecule has 2 aromatic rings. The second kappa shape index (κ2) is 4.78. The molecule has 0 heterocycles. The summed E-state index contributed by atoms with van der Waals surface area (Å²) in [6, 6.07) is 11.9. The molecule has 2 rings (SSSR count). The van der Waals surface area contributed by atoms with Crippen molar-refractivity contribution in [3.63, 3.8) is 0 Å². The van der Waals surface area contributed by atoms with E-state index >= 15 is 0 Å². The van der Waals surface area contributed by atoms with Crippen molar-refractivity contribution in [2.24, 2.45) is 0 Å². The summed E-state index contributed by atoms with van der Waals surface area (Å²) < 4.78 is 0. The van der Waals surface area contributed by atoms with Crippen molar-refractivity contribution in [3.8, 4) is 17.2 Å². The smallest absolute Gasteiger partial charge is 0.160 e. The molecule has 3 heteroatoms. The predicted molar refractivity (Wildman–Crippen MR) is 65.3 cm³/mol. The van der Waals surface area contributed by atoms with Crippen LogP contribution in [0.2, 0.25) is 0 Å². The Balaban J connectivity index is 2.10. The molecule has 0 aliphatic heterocycles. The van der Waals surface area contributed by atoms with Crippen LogP contribution in [0.4, 0.5) is 0 Å². The minimum absolute atomic E-state index is 0.0624. The molecular formula is C14H14O3. The minimum atomic E-state index is -0.0987. The number of hydrogen-bond donors (Lipinski definition) is 3. The lowest BCUT2D eigenvalue weighted by molar-refractivity contribution is 0.399. The molecule has 2 aromatic carbocycles. The van der Waals surface area contributed by atoms with Crippen molar-refractivity contribution < 1.29 is 15.3 Å². The van der Waals surface area contributed by atoms with Gasteiger partial charge in [-0.15, -0.1) is 0 Å². The zero-order chi connectivity index (χ0) is 12.3. The van der Waals surface area contributed by atoms with Gasteiger partial charge in [-0.05, 0) is 42.2 Å². The standard InChI is InChI=1S/C14H14O3/c15-12-5-1-3-10(9-12)7-8-11-4-2-6-13(16)14(11)17/h1-6,9,15-17H,7-8H2. The van der Waals surface area contributed by atoms with E-state index in [0.29, 0.717) is 18.4 Å². The van der Waals surface area contributed by atoms with Gasteiger partial charge in [0.25, 0.3) is 0 Å². The highest BCUT2D eigenvalue weighted by Crippen LogP contribution is 2.29. The fraction of sp³-hybridized carbons (Fsp3) is 0.143. The van der Waals surface area contributed by atoms with Crippen LogP contribution in [-0.4, -0.2) is 15.3 Å². The predicted octanol–water partition coefficient (Wildman–Crippen LogP) is 2.59. The monoisotopic (exact) mass is 230 g/mol. The number of rotatable bonds is 3. The van der Waals surface area contributed by atoms with E-state index in [9.17, 15) is 15.3 Å². The fourth-order valence-electron chi connectivity index (χ4n) is 1.77. The van der Waals surface area contributed by atoms with E-state index in [4.69, 9.17) is 0 Å². The Morgan fingerprint density at radius 3 is 2.35 bits per heavy atom. The second-order valence-electron chi connectivity index (χ2n) is 3.95. The lowest BCUT2D eigenvalue weighted by atomic mass is 10.0. The maximum Gasteiger partial charge on any atom is 0.160 e. The molecule has 88 valence electrons. The van der Waals surface area contributed by atoms with Crippen LogP contribution in [0, 0.1) is 0 Å². The molecule has 0 spiro atoms. The van der Waals surface area contributed by atoms with Crippen LogP contribution < -0.4 is 0 Å². The lowest BCUT2D eigenvalue weighted by Crippen LogP contribution is -1.91. The summed E-state index contributed by atoms with van der Waals surface area (Å²) in [5, 5.41) is 28.3. The van der Waals surface area contributed by atoms with Crippen molar-refractivity contribution >= 4 is 0 Å². The van der Waals surface area contributed by atoms with Gasteiger partial charge in [0.1, 0.15) is 5.75 Å². The van der Waals surface area contributed by atoms with Crippen molar-refractivity contribution in [2.45, 2.75) is 12.8 Å². The average molecular weight is 230 g/mol. The van der Waals surface area contributed by atoms with E-state index in [-0.39, 0.29) is 17.2 Å². The van der Waals surface area contributed by atoms with Gasteiger partial charge >= 0.3 is 0 Å². The Labute approximate surface area is 99.6 Å². The highest BCUT2D eigenvalue weighted by atomic mass is 16.3. The average Bonchev–Trinajstić information content (AvgIpc) is 2.31. The Morgan fingerprint density at radius 2 is 1.59 bits per heavy atom. The number of benzene rings is 2. The van der Waals surface area contributed by atoms with Crippen molar-refractivity contribution in [1.82, 2.24) is 0 Å². The topological polar surface area (TPSA) is 60.7 Å². The number of hydrogen-bond acceptors (Lipinski definition) is 3. The summed E-state index contributed by atoms with van der Waals surface area (Å²) in [5.41, 5.74) is 1.70. The maximum absolute atomic E-state index is 9.63. The fourth-order valence-corrected chi connectivity index (χ4v) is 1.77. The van der Waals surface area contributed by atoms with Crippen LogP contribution >= 0.6 is 0 Å². The van der Waals surface area contributed by atoms with E-state index in [2.05, 4.69) is 0 Å². The molecule has 0 saturated carbocycles. The summed E-state index contributed by atoms with van der Waals surface area (Å²) in [7, 11) is 0. The lowest BCUT2D eigenvalue weighted by Gasteiger charge is -2.06. The van der Waals surface area contributed by atoms with Crippen LogP contribution in [0.1, 0.15) is 11.1 Å². The third-order valence-electron chi connectivity index (χ3n) is 2.69. The highest BCUT2D eigenvalue weighted by Gasteiger charge is 2.05. The van der Waals surface area contributed by atoms with E-state index in [0.717, 1.165) is 5.56 Å². The number of aryl methyl sites for hydroxylation is 2. The van der Waals surface area contributed by atoms with E-state index in [1.54, 1.807) is 30.3 Å². The van der Waals surface area contributed by atoms with Gasteiger partial charge in [-0.3, -0.25) is 0 Å². The Kier molecular flexibility index (Phi) is 3.19. The maximum atomic E-state index is 9.63. The first-order valence-electron chi connectivity index (χ1n) is 5.44. The summed E-state index contributed by atoms with van der Waals surface area (Å²) in [5.74, 6) is 0.0775. The molecule has 0 aliphatic rings. The normalized spacial score (nSPS) is 10.4. The minimum Gasteiger partial charge on any atom is -0.508 e. The molecular weight excluding hydrogens is 216 g/mol. The number of phenolic OH excluding ortho intramolecular Hbond substituents is 3. The number of aromatic hydroxyl groups is 3. The summed E-state index contributed by atoms with van der Waals surface area (Å²) in [6.07, 6.45) is 1.31. The van der Waals surface area contributed by atoms with Gasteiger partial charge in [-0.1, -0.05) is 24.3 Å². The van der Waals surface area contributed by atoms with Crippen molar-refractivity contribution in [3.05, 3.63) is 53.6 Å². The van der Waals surface area contributed by atoms with E-state index in [1.165, 1.54) is 6.07 Å². The Hall–Kier alpha value is -2.16. The first-order valence-corrected chi connectivity index (χ1v) is 5.44. The largest absolute Gasteiger partial charge is 0.508 e. The molecule has 0 radical (unpaired) electrons. The Bertz CT molecular complexity index is 521. The SMILES string of the molecule is Oc1cccc(CCc2cccc(O)c2O)c1. The first-order chi connectivity index (χ1) is 8.16. The van der Waals surface area contributed by atoms with Crippen LogP contribution in [0.15, 0.2) is 42.5 Å². The van der Waals surface area contributed by atoms with Gasteiger partial charge in [0.15, 0.2) is 11.5 Å². The van der Waals surface area contributed by atoms with Crippen molar-refractivity contribution in [2.75, 3.05) is 0 Å². The third-order valence-corrected chi connectivity index (χ3v) is 2.69. The summed E-state index contributed by atoms with van der Waals surface area (Å²) >= 11 is 0. The molecule has 0 fully saturated rings. The molecule has 3 nitrogen and oxygen atoms in total. The molecule has 0 atom stereocenters. The van der Waals surface area contributed by atoms with Crippen LogP contribution in [0.25, 0.3) is 0 Å². The highest BCUT2D eigenvalue weighted by molar-refractivity contribution is 5.44.